The normalized spacial score (nSPS) is 18.9. The highest BCUT2D eigenvalue weighted by atomic mass is 16.5. The van der Waals surface area contributed by atoms with E-state index >= 15 is 0 Å². The number of allylic oxidation sites excluding steroid dienone is 1. The molecular formula is C16H22O2. The second-order valence-electron chi connectivity index (χ2n) is 4.91. The van der Waals surface area contributed by atoms with Gasteiger partial charge in [0.15, 0.2) is 0 Å². The van der Waals surface area contributed by atoms with E-state index in [0.29, 0.717) is 12.5 Å². The van der Waals surface area contributed by atoms with Crippen molar-refractivity contribution >= 4 is 6.08 Å². The minimum atomic E-state index is -0.373. The zero-order valence-electron chi connectivity index (χ0n) is 11.0. The fourth-order valence-corrected chi connectivity index (χ4v) is 2.36. The third-order valence-electron chi connectivity index (χ3n) is 3.38. The second-order valence-corrected chi connectivity index (χ2v) is 4.91. The molecule has 0 heterocycles. The standard InChI is InChI=1S/C16H22O2/c1-2-3-10-18-12-15(17)11-14-9-8-13-6-4-5-7-16(13)14/h4-9,14-15,17H,2-3,10-12H2,1H3. The number of aliphatic hydroxyl groups excluding tert-OH is 1. The summed E-state index contributed by atoms with van der Waals surface area (Å²) in [7, 11) is 0. The number of benzene rings is 1. The van der Waals surface area contributed by atoms with E-state index in [0.717, 1.165) is 25.9 Å². The SMILES string of the molecule is CCCCOCC(O)CC1C=Cc2ccccc21. The summed E-state index contributed by atoms with van der Waals surface area (Å²) in [4.78, 5) is 0. The van der Waals surface area contributed by atoms with Crippen LogP contribution in [0.2, 0.25) is 0 Å². The highest BCUT2D eigenvalue weighted by Crippen LogP contribution is 2.32. The van der Waals surface area contributed by atoms with Crippen LogP contribution in [-0.2, 0) is 4.74 Å². The summed E-state index contributed by atoms with van der Waals surface area (Å²) in [6, 6.07) is 8.37. The van der Waals surface area contributed by atoms with Crippen LogP contribution < -0.4 is 0 Å². The minimum Gasteiger partial charge on any atom is -0.391 e. The van der Waals surface area contributed by atoms with Gasteiger partial charge in [-0.2, -0.15) is 0 Å². The van der Waals surface area contributed by atoms with Crippen LogP contribution in [0.5, 0.6) is 0 Å². The van der Waals surface area contributed by atoms with Gasteiger partial charge in [0, 0.05) is 12.5 Å². The summed E-state index contributed by atoms with van der Waals surface area (Å²) in [6.45, 7) is 3.34. The van der Waals surface area contributed by atoms with Crippen molar-refractivity contribution in [3.8, 4) is 0 Å². The average molecular weight is 246 g/mol. The molecule has 1 aromatic rings. The van der Waals surface area contributed by atoms with Crippen molar-refractivity contribution in [2.75, 3.05) is 13.2 Å². The first-order valence-electron chi connectivity index (χ1n) is 6.84. The van der Waals surface area contributed by atoms with Gasteiger partial charge in [0.25, 0.3) is 0 Å². The molecule has 2 atom stereocenters. The molecular weight excluding hydrogens is 224 g/mol. The number of aliphatic hydroxyl groups is 1. The Morgan fingerprint density at radius 2 is 2.17 bits per heavy atom. The molecule has 2 rings (SSSR count). The quantitative estimate of drug-likeness (QED) is 0.747. The molecule has 98 valence electrons. The highest BCUT2D eigenvalue weighted by Gasteiger charge is 2.19. The van der Waals surface area contributed by atoms with Crippen LogP contribution in [-0.4, -0.2) is 24.4 Å². The van der Waals surface area contributed by atoms with Gasteiger partial charge in [-0.05, 0) is 24.0 Å². The van der Waals surface area contributed by atoms with Crippen molar-refractivity contribution in [3.63, 3.8) is 0 Å². The summed E-state index contributed by atoms with van der Waals surface area (Å²) in [6.07, 6.45) is 6.90. The first kappa shape index (κ1) is 13.3. The molecule has 1 N–H and O–H groups in total. The first-order chi connectivity index (χ1) is 8.81. The Morgan fingerprint density at radius 3 is 3.00 bits per heavy atom. The average Bonchev–Trinajstić information content (AvgIpc) is 2.78. The Morgan fingerprint density at radius 1 is 1.33 bits per heavy atom. The van der Waals surface area contributed by atoms with E-state index in [1.54, 1.807) is 0 Å². The molecule has 0 radical (unpaired) electrons. The van der Waals surface area contributed by atoms with Crippen LogP contribution in [0.4, 0.5) is 0 Å². The summed E-state index contributed by atoms with van der Waals surface area (Å²) in [5.74, 6) is 0.339. The van der Waals surface area contributed by atoms with Gasteiger partial charge in [-0.1, -0.05) is 49.8 Å². The van der Waals surface area contributed by atoms with Crippen molar-refractivity contribution in [1.82, 2.24) is 0 Å². The van der Waals surface area contributed by atoms with E-state index in [4.69, 9.17) is 4.74 Å². The number of hydrogen-bond acceptors (Lipinski definition) is 2. The molecule has 0 saturated heterocycles. The largest absolute Gasteiger partial charge is 0.391 e. The highest BCUT2D eigenvalue weighted by molar-refractivity contribution is 5.62. The molecule has 18 heavy (non-hydrogen) atoms. The summed E-state index contributed by atoms with van der Waals surface area (Å²) >= 11 is 0. The second kappa shape index (κ2) is 6.72. The number of fused-ring (bicyclic) bond motifs is 1. The van der Waals surface area contributed by atoms with Crippen LogP contribution in [0.15, 0.2) is 30.3 Å². The van der Waals surface area contributed by atoms with Crippen LogP contribution in [0, 0.1) is 0 Å². The van der Waals surface area contributed by atoms with Gasteiger partial charge in [0.1, 0.15) is 0 Å². The Kier molecular flexibility index (Phi) is 4.97. The predicted octanol–water partition coefficient (Wildman–Crippen LogP) is 3.36. The van der Waals surface area contributed by atoms with E-state index in [1.807, 2.05) is 0 Å². The molecule has 0 aromatic heterocycles. The molecule has 2 nitrogen and oxygen atoms in total. The molecule has 1 aliphatic carbocycles. The zero-order valence-corrected chi connectivity index (χ0v) is 11.0. The molecule has 1 aliphatic rings. The number of unbranched alkanes of at least 4 members (excludes halogenated alkanes) is 1. The minimum absolute atomic E-state index is 0.339. The Balaban J connectivity index is 1.79. The van der Waals surface area contributed by atoms with Crippen molar-refractivity contribution in [1.29, 1.82) is 0 Å². The van der Waals surface area contributed by atoms with Crippen LogP contribution >= 0.6 is 0 Å². The monoisotopic (exact) mass is 246 g/mol. The van der Waals surface area contributed by atoms with Gasteiger partial charge in [0.05, 0.1) is 12.7 Å². The van der Waals surface area contributed by atoms with E-state index in [-0.39, 0.29) is 6.10 Å². The lowest BCUT2D eigenvalue weighted by Crippen LogP contribution is -2.18. The third-order valence-corrected chi connectivity index (χ3v) is 3.38. The molecule has 2 heteroatoms. The number of rotatable bonds is 7. The Bertz CT molecular complexity index is 398. The van der Waals surface area contributed by atoms with E-state index < -0.39 is 0 Å². The molecule has 0 spiro atoms. The van der Waals surface area contributed by atoms with Crippen LogP contribution in [0.25, 0.3) is 6.08 Å². The molecule has 0 amide bonds. The van der Waals surface area contributed by atoms with Gasteiger partial charge >= 0.3 is 0 Å². The number of ether oxygens (including phenoxy) is 1. The molecule has 0 saturated carbocycles. The van der Waals surface area contributed by atoms with Gasteiger partial charge in [-0.15, -0.1) is 0 Å². The maximum atomic E-state index is 9.98. The molecule has 0 bridgehead atoms. The van der Waals surface area contributed by atoms with Crippen molar-refractivity contribution in [3.05, 3.63) is 41.5 Å². The molecule has 2 unspecified atom stereocenters. The lowest BCUT2D eigenvalue weighted by Gasteiger charge is -2.16. The fraction of sp³-hybridized carbons (Fsp3) is 0.500. The van der Waals surface area contributed by atoms with Gasteiger partial charge in [-0.3, -0.25) is 0 Å². The molecule has 0 aliphatic heterocycles. The Labute approximate surface area is 109 Å². The summed E-state index contributed by atoms with van der Waals surface area (Å²) in [5, 5.41) is 9.98. The number of hydrogen-bond donors (Lipinski definition) is 1. The predicted molar refractivity (Wildman–Crippen MR) is 74.6 cm³/mol. The van der Waals surface area contributed by atoms with Gasteiger partial charge < -0.3 is 9.84 Å². The lowest BCUT2D eigenvalue weighted by molar-refractivity contribution is 0.0299. The van der Waals surface area contributed by atoms with Crippen molar-refractivity contribution < 1.29 is 9.84 Å². The molecule has 1 aromatic carbocycles. The van der Waals surface area contributed by atoms with Crippen molar-refractivity contribution in [2.24, 2.45) is 0 Å². The maximum absolute atomic E-state index is 9.98. The van der Waals surface area contributed by atoms with E-state index in [9.17, 15) is 5.11 Å². The van der Waals surface area contributed by atoms with Crippen LogP contribution in [0.1, 0.15) is 43.2 Å². The smallest absolute Gasteiger partial charge is 0.0782 e. The molecule has 0 fully saturated rings. The maximum Gasteiger partial charge on any atom is 0.0782 e. The van der Waals surface area contributed by atoms with Gasteiger partial charge in [0.2, 0.25) is 0 Å². The van der Waals surface area contributed by atoms with E-state index in [1.165, 1.54) is 11.1 Å². The van der Waals surface area contributed by atoms with Crippen LogP contribution in [0.3, 0.4) is 0 Å². The fourth-order valence-electron chi connectivity index (χ4n) is 2.36. The summed E-state index contributed by atoms with van der Waals surface area (Å²) in [5.41, 5.74) is 2.60. The first-order valence-corrected chi connectivity index (χ1v) is 6.84. The third kappa shape index (κ3) is 3.44. The topological polar surface area (TPSA) is 29.5 Å². The Hall–Kier alpha value is -1.12. The van der Waals surface area contributed by atoms with Crippen molar-refractivity contribution in [2.45, 2.75) is 38.2 Å². The lowest BCUT2D eigenvalue weighted by atomic mass is 9.95. The summed E-state index contributed by atoms with van der Waals surface area (Å²) < 4.78 is 5.46. The zero-order chi connectivity index (χ0) is 12.8. The van der Waals surface area contributed by atoms with E-state index in [2.05, 4.69) is 43.3 Å². The van der Waals surface area contributed by atoms with Gasteiger partial charge in [-0.25, -0.2) is 0 Å².